The van der Waals surface area contributed by atoms with Crippen molar-refractivity contribution in [1.29, 1.82) is 0 Å². The smallest absolute Gasteiger partial charge is 0.324 e. The Morgan fingerprint density at radius 3 is 2.64 bits per heavy atom. The van der Waals surface area contributed by atoms with Gasteiger partial charge in [0.1, 0.15) is 12.4 Å². The van der Waals surface area contributed by atoms with Gasteiger partial charge in [0.15, 0.2) is 0 Å². The number of para-hydroxylation sites is 1. The van der Waals surface area contributed by atoms with Crippen LogP contribution in [0.25, 0.3) is 10.9 Å². The van der Waals surface area contributed by atoms with Crippen molar-refractivity contribution in [3.05, 3.63) is 74.1 Å². The van der Waals surface area contributed by atoms with Gasteiger partial charge in [0.2, 0.25) is 5.91 Å². The molecule has 0 aliphatic heterocycles. The molecule has 128 valence electrons. The van der Waals surface area contributed by atoms with Crippen LogP contribution in [-0.4, -0.2) is 15.0 Å². The van der Waals surface area contributed by atoms with E-state index in [1.54, 1.807) is 24.3 Å². The summed E-state index contributed by atoms with van der Waals surface area (Å²) in [6, 6.07) is 10.3. The fourth-order valence-corrected chi connectivity index (χ4v) is 2.70. The van der Waals surface area contributed by atoms with E-state index >= 15 is 0 Å². The number of fused-ring (bicyclic) bond motifs is 1. The van der Waals surface area contributed by atoms with Crippen molar-refractivity contribution in [2.45, 2.75) is 6.54 Å². The summed E-state index contributed by atoms with van der Waals surface area (Å²) in [5.41, 5.74) is -0.400. The Morgan fingerprint density at radius 1 is 1.20 bits per heavy atom. The Labute approximate surface area is 146 Å². The number of hydrogen-bond donors (Lipinski definition) is 1. The number of benzene rings is 2. The second-order valence-electron chi connectivity index (χ2n) is 5.43. The van der Waals surface area contributed by atoms with Crippen molar-refractivity contribution in [2.75, 3.05) is 5.32 Å². The molecule has 3 aromatic rings. The Hall–Kier alpha value is -2.93. The molecule has 8 heteroatoms. The molecule has 0 unspecified atom stereocenters. The molecule has 0 bridgehead atoms. The highest BCUT2D eigenvalue weighted by atomic mass is 35.5. The summed E-state index contributed by atoms with van der Waals surface area (Å²) in [5, 5.41) is 2.68. The summed E-state index contributed by atoms with van der Waals surface area (Å²) in [5.74, 6) is -1.21. The maximum absolute atomic E-state index is 13.1. The molecule has 3 rings (SSSR count). The number of nitrogens with zero attached hydrogens (tertiary/aromatic N) is 2. The summed E-state index contributed by atoms with van der Waals surface area (Å²) in [4.78, 5) is 37.0. The first-order valence-corrected chi connectivity index (χ1v) is 7.70. The number of anilines is 1. The SMILES string of the molecule is Cn1c(=O)n(CC(=O)Nc2ccc(F)c(Cl)c2)c(=O)c2ccccc21. The molecule has 25 heavy (non-hydrogen) atoms. The summed E-state index contributed by atoms with van der Waals surface area (Å²) in [6.45, 7) is -0.467. The lowest BCUT2D eigenvalue weighted by atomic mass is 10.2. The molecule has 0 saturated carbocycles. The van der Waals surface area contributed by atoms with Crippen LogP contribution in [0.15, 0.2) is 52.1 Å². The lowest BCUT2D eigenvalue weighted by Crippen LogP contribution is -2.41. The third-order valence-electron chi connectivity index (χ3n) is 3.76. The largest absolute Gasteiger partial charge is 0.331 e. The van der Waals surface area contributed by atoms with Gasteiger partial charge >= 0.3 is 5.69 Å². The normalized spacial score (nSPS) is 10.8. The minimum Gasteiger partial charge on any atom is -0.324 e. The van der Waals surface area contributed by atoms with E-state index in [4.69, 9.17) is 11.6 Å². The molecule has 1 N–H and O–H groups in total. The third-order valence-corrected chi connectivity index (χ3v) is 4.05. The van der Waals surface area contributed by atoms with E-state index in [0.717, 1.165) is 10.6 Å². The number of hydrogen-bond acceptors (Lipinski definition) is 3. The van der Waals surface area contributed by atoms with Crippen LogP contribution in [0.3, 0.4) is 0 Å². The first-order chi connectivity index (χ1) is 11.9. The van der Waals surface area contributed by atoms with E-state index in [1.165, 1.54) is 23.7 Å². The van der Waals surface area contributed by atoms with Gasteiger partial charge in [-0.3, -0.25) is 18.7 Å². The highest BCUT2D eigenvalue weighted by molar-refractivity contribution is 6.31. The van der Waals surface area contributed by atoms with Crippen LogP contribution in [0.1, 0.15) is 0 Å². The van der Waals surface area contributed by atoms with E-state index in [2.05, 4.69) is 5.32 Å². The molecule has 0 spiro atoms. The van der Waals surface area contributed by atoms with E-state index in [9.17, 15) is 18.8 Å². The molecule has 2 aromatic carbocycles. The molecule has 1 aromatic heterocycles. The lowest BCUT2D eigenvalue weighted by Gasteiger charge is -2.11. The topological polar surface area (TPSA) is 73.1 Å². The predicted molar refractivity (Wildman–Crippen MR) is 93.5 cm³/mol. The van der Waals surface area contributed by atoms with Crippen molar-refractivity contribution >= 4 is 34.1 Å². The van der Waals surface area contributed by atoms with Crippen molar-refractivity contribution in [2.24, 2.45) is 7.05 Å². The van der Waals surface area contributed by atoms with Crippen LogP contribution < -0.4 is 16.6 Å². The Balaban J connectivity index is 1.95. The number of nitrogens with one attached hydrogen (secondary N) is 1. The fourth-order valence-electron chi connectivity index (χ4n) is 2.52. The number of aryl methyl sites for hydroxylation is 1. The Bertz CT molecular complexity index is 1100. The van der Waals surface area contributed by atoms with Crippen LogP contribution in [-0.2, 0) is 18.4 Å². The number of halogens is 2. The van der Waals surface area contributed by atoms with Crippen LogP contribution >= 0.6 is 11.6 Å². The highest BCUT2D eigenvalue weighted by Crippen LogP contribution is 2.19. The van der Waals surface area contributed by atoms with Gasteiger partial charge in [-0.15, -0.1) is 0 Å². The zero-order valence-electron chi connectivity index (χ0n) is 13.1. The van der Waals surface area contributed by atoms with Crippen molar-refractivity contribution < 1.29 is 9.18 Å². The average molecular weight is 362 g/mol. The minimum absolute atomic E-state index is 0.142. The standard InChI is InChI=1S/C17H13ClFN3O3/c1-21-14-5-3-2-4-11(14)16(24)22(17(21)25)9-15(23)20-10-6-7-13(19)12(18)8-10/h2-8H,9H2,1H3,(H,20,23). The molecule has 0 atom stereocenters. The van der Waals surface area contributed by atoms with Gasteiger partial charge in [0.05, 0.1) is 15.9 Å². The Kier molecular flexibility index (Phi) is 4.41. The molecule has 0 fully saturated rings. The van der Waals surface area contributed by atoms with Gasteiger partial charge in [0.25, 0.3) is 5.56 Å². The maximum atomic E-state index is 13.1. The highest BCUT2D eigenvalue weighted by Gasteiger charge is 2.14. The monoisotopic (exact) mass is 361 g/mol. The third kappa shape index (κ3) is 3.18. The van der Waals surface area contributed by atoms with Crippen LogP contribution in [0.5, 0.6) is 0 Å². The molecule has 1 heterocycles. The average Bonchev–Trinajstić information content (AvgIpc) is 2.60. The van der Waals surface area contributed by atoms with Crippen molar-refractivity contribution in [1.82, 2.24) is 9.13 Å². The second kappa shape index (κ2) is 6.52. The van der Waals surface area contributed by atoms with Gasteiger partial charge in [-0.05, 0) is 30.3 Å². The van der Waals surface area contributed by atoms with Gasteiger partial charge in [-0.25, -0.2) is 9.18 Å². The van der Waals surface area contributed by atoms with E-state index in [-0.39, 0.29) is 10.7 Å². The minimum atomic E-state index is -0.612. The van der Waals surface area contributed by atoms with E-state index in [0.29, 0.717) is 10.9 Å². The first-order valence-electron chi connectivity index (χ1n) is 7.32. The maximum Gasteiger partial charge on any atom is 0.331 e. The fraction of sp³-hybridized carbons (Fsp3) is 0.118. The molecular formula is C17H13ClFN3O3. The van der Waals surface area contributed by atoms with Crippen LogP contribution in [0.2, 0.25) is 5.02 Å². The van der Waals surface area contributed by atoms with Crippen LogP contribution in [0, 0.1) is 5.82 Å². The molecule has 6 nitrogen and oxygen atoms in total. The summed E-state index contributed by atoms with van der Waals surface area (Å²) in [6.07, 6.45) is 0. The van der Waals surface area contributed by atoms with Gasteiger partial charge < -0.3 is 5.32 Å². The summed E-state index contributed by atoms with van der Waals surface area (Å²) in [7, 11) is 1.53. The summed E-state index contributed by atoms with van der Waals surface area (Å²) >= 11 is 5.66. The quantitative estimate of drug-likeness (QED) is 0.776. The molecular weight excluding hydrogens is 349 g/mol. The van der Waals surface area contributed by atoms with Gasteiger partial charge in [-0.2, -0.15) is 0 Å². The van der Waals surface area contributed by atoms with Crippen LogP contribution in [0.4, 0.5) is 10.1 Å². The molecule has 0 radical (unpaired) electrons. The molecule has 0 aliphatic carbocycles. The van der Waals surface area contributed by atoms with E-state index < -0.39 is 29.5 Å². The lowest BCUT2D eigenvalue weighted by molar-refractivity contribution is -0.116. The Morgan fingerprint density at radius 2 is 1.92 bits per heavy atom. The van der Waals surface area contributed by atoms with Gasteiger partial charge in [0, 0.05) is 12.7 Å². The molecule has 0 aliphatic rings. The first kappa shape index (κ1) is 16.9. The zero-order valence-corrected chi connectivity index (χ0v) is 13.9. The van der Waals surface area contributed by atoms with Crippen molar-refractivity contribution in [3.8, 4) is 0 Å². The van der Waals surface area contributed by atoms with Gasteiger partial charge in [-0.1, -0.05) is 23.7 Å². The molecule has 1 amide bonds. The number of aromatic nitrogens is 2. The second-order valence-corrected chi connectivity index (χ2v) is 5.83. The number of carbonyl (C=O) groups excluding carboxylic acids is 1. The predicted octanol–water partition coefficient (Wildman–Crippen LogP) is 2.13. The summed E-state index contributed by atoms with van der Waals surface area (Å²) < 4.78 is 15.3. The number of amides is 1. The van der Waals surface area contributed by atoms with Crippen molar-refractivity contribution in [3.63, 3.8) is 0 Å². The number of carbonyl (C=O) groups is 1. The zero-order chi connectivity index (χ0) is 18.1. The molecule has 0 saturated heterocycles. The van der Waals surface area contributed by atoms with E-state index in [1.807, 2.05) is 0 Å². The number of rotatable bonds is 3.